The lowest BCUT2D eigenvalue weighted by molar-refractivity contribution is -0.122. The van der Waals surface area contributed by atoms with Gasteiger partial charge in [0.25, 0.3) is 11.1 Å². The van der Waals surface area contributed by atoms with Gasteiger partial charge in [0.15, 0.2) is 11.5 Å². The van der Waals surface area contributed by atoms with Crippen LogP contribution in [0.25, 0.3) is 6.08 Å². The molecule has 8 heteroatoms. The zero-order valence-corrected chi connectivity index (χ0v) is 15.2. The van der Waals surface area contributed by atoms with Crippen LogP contribution in [0.2, 0.25) is 0 Å². The molecule has 1 saturated heterocycles. The minimum atomic E-state index is -0.343. The molecule has 2 amide bonds. The third-order valence-electron chi connectivity index (χ3n) is 4.10. The summed E-state index contributed by atoms with van der Waals surface area (Å²) in [7, 11) is 1.56. The van der Waals surface area contributed by atoms with Gasteiger partial charge in [0.05, 0.1) is 24.4 Å². The van der Waals surface area contributed by atoms with E-state index in [1.54, 1.807) is 31.4 Å². The summed E-state index contributed by atoms with van der Waals surface area (Å²) >= 11 is 0.910. The van der Waals surface area contributed by atoms with E-state index in [0.29, 0.717) is 27.8 Å². The Kier molecular flexibility index (Phi) is 4.64. The highest BCUT2D eigenvalue weighted by Crippen LogP contribution is 2.36. The van der Waals surface area contributed by atoms with E-state index in [0.717, 1.165) is 22.2 Å². The number of thioether (sulfide) groups is 1. The molecule has 1 N–H and O–H groups in total. The number of rotatable bonds is 5. The lowest BCUT2D eigenvalue weighted by atomic mass is 10.2. The van der Waals surface area contributed by atoms with Crippen LogP contribution >= 0.6 is 11.8 Å². The molecular formula is C19H16N2O5S. The highest BCUT2D eigenvalue weighted by Gasteiger charge is 2.35. The first-order valence-electron chi connectivity index (χ1n) is 8.17. The van der Waals surface area contributed by atoms with E-state index < -0.39 is 0 Å². The van der Waals surface area contributed by atoms with Gasteiger partial charge in [-0.3, -0.25) is 14.5 Å². The molecule has 4 rings (SSSR count). The topological polar surface area (TPSA) is 77.1 Å². The van der Waals surface area contributed by atoms with Crippen molar-refractivity contribution in [1.82, 2.24) is 4.90 Å². The first-order chi connectivity index (χ1) is 13.2. The fourth-order valence-corrected chi connectivity index (χ4v) is 3.58. The molecule has 2 aliphatic rings. The Morgan fingerprint density at radius 2 is 2.00 bits per heavy atom. The van der Waals surface area contributed by atoms with Crippen LogP contribution in [-0.2, 0) is 4.79 Å². The van der Waals surface area contributed by atoms with E-state index in [1.807, 2.05) is 24.3 Å². The number of hydrogen-bond acceptors (Lipinski definition) is 7. The Balaban J connectivity index is 1.48. The second-order valence-electron chi connectivity index (χ2n) is 5.76. The van der Waals surface area contributed by atoms with Crippen molar-refractivity contribution >= 4 is 34.7 Å². The fourth-order valence-electron chi connectivity index (χ4n) is 2.75. The highest BCUT2D eigenvalue weighted by molar-refractivity contribution is 8.18. The maximum atomic E-state index is 12.6. The van der Waals surface area contributed by atoms with Crippen LogP contribution in [0, 0.1) is 0 Å². The summed E-state index contributed by atoms with van der Waals surface area (Å²) in [5, 5.41) is 2.74. The van der Waals surface area contributed by atoms with Crippen LogP contribution < -0.4 is 19.5 Å². The van der Waals surface area contributed by atoms with E-state index in [-0.39, 0.29) is 24.6 Å². The van der Waals surface area contributed by atoms with Crippen LogP contribution in [0.1, 0.15) is 5.56 Å². The lowest BCUT2D eigenvalue weighted by Gasteiger charge is -2.16. The third-order valence-corrected chi connectivity index (χ3v) is 5.01. The summed E-state index contributed by atoms with van der Waals surface area (Å²) in [5.41, 5.74) is 1.47. The average molecular weight is 384 g/mol. The van der Waals surface area contributed by atoms with E-state index in [1.165, 1.54) is 0 Å². The van der Waals surface area contributed by atoms with Crippen LogP contribution in [0.3, 0.4) is 0 Å². The van der Waals surface area contributed by atoms with Gasteiger partial charge in [0.1, 0.15) is 5.75 Å². The summed E-state index contributed by atoms with van der Waals surface area (Å²) < 4.78 is 15.9. The molecule has 0 unspecified atom stereocenters. The quantitative estimate of drug-likeness (QED) is 0.790. The molecule has 0 aliphatic carbocycles. The van der Waals surface area contributed by atoms with Crippen molar-refractivity contribution < 1.29 is 23.8 Å². The second-order valence-corrected chi connectivity index (χ2v) is 6.75. The Bertz CT molecular complexity index is 943. The largest absolute Gasteiger partial charge is 0.495 e. The molecular weight excluding hydrogens is 368 g/mol. The van der Waals surface area contributed by atoms with Gasteiger partial charge in [0, 0.05) is 0 Å². The van der Waals surface area contributed by atoms with Crippen LogP contribution in [0.4, 0.5) is 10.5 Å². The van der Waals surface area contributed by atoms with E-state index in [2.05, 4.69) is 5.32 Å². The third kappa shape index (κ3) is 3.43. The molecule has 0 spiro atoms. The van der Waals surface area contributed by atoms with Crippen LogP contribution in [0.5, 0.6) is 17.2 Å². The van der Waals surface area contributed by atoms with Gasteiger partial charge in [-0.2, -0.15) is 0 Å². The van der Waals surface area contributed by atoms with Crippen molar-refractivity contribution in [3.05, 3.63) is 52.9 Å². The predicted octanol–water partition coefficient (Wildman–Crippen LogP) is 3.53. The number of amides is 2. The van der Waals surface area contributed by atoms with Gasteiger partial charge < -0.3 is 19.5 Å². The molecule has 0 atom stereocenters. The molecule has 7 nitrogen and oxygen atoms in total. The Morgan fingerprint density at radius 1 is 1.19 bits per heavy atom. The summed E-state index contributed by atoms with van der Waals surface area (Å²) in [6.07, 6.45) is 1.68. The van der Waals surface area contributed by atoms with Gasteiger partial charge in [-0.15, -0.1) is 0 Å². The van der Waals surface area contributed by atoms with Crippen LogP contribution in [-0.4, -0.2) is 36.6 Å². The van der Waals surface area contributed by atoms with Crippen molar-refractivity contribution in [1.29, 1.82) is 0 Å². The fraction of sp³-hybridized carbons (Fsp3) is 0.158. The number of imide groups is 1. The van der Waals surface area contributed by atoms with Crippen molar-refractivity contribution in [2.45, 2.75) is 0 Å². The number of fused-ring (bicyclic) bond motifs is 1. The highest BCUT2D eigenvalue weighted by atomic mass is 32.2. The first-order valence-corrected chi connectivity index (χ1v) is 8.99. The summed E-state index contributed by atoms with van der Waals surface area (Å²) in [6, 6.07) is 12.7. The monoisotopic (exact) mass is 384 g/mol. The standard InChI is InChI=1S/C19H16N2O5S/c1-24-14-5-3-2-4-13(14)20-10-21-18(22)17(27-19(21)23)9-12-6-7-15-16(8-12)26-11-25-15/h2-9,20H,10-11H2,1H3. The second kappa shape index (κ2) is 7.24. The number of methoxy groups -OCH3 is 1. The molecule has 2 aliphatic heterocycles. The van der Waals surface area contributed by atoms with Crippen molar-refractivity contribution in [2.75, 3.05) is 25.9 Å². The van der Waals surface area contributed by atoms with Crippen molar-refractivity contribution in [3.8, 4) is 17.2 Å². The molecule has 2 aromatic carbocycles. The Labute approximate surface area is 159 Å². The number of anilines is 1. The summed E-state index contributed by atoms with van der Waals surface area (Å²) in [4.78, 5) is 26.4. The van der Waals surface area contributed by atoms with E-state index in [4.69, 9.17) is 14.2 Å². The number of hydrogen-bond donors (Lipinski definition) is 1. The molecule has 138 valence electrons. The molecule has 0 saturated carbocycles. The number of carbonyl (C=O) groups is 2. The Morgan fingerprint density at radius 3 is 2.85 bits per heavy atom. The first kappa shape index (κ1) is 17.3. The van der Waals surface area contributed by atoms with Gasteiger partial charge in [0.2, 0.25) is 6.79 Å². The smallest absolute Gasteiger partial charge is 0.295 e. The van der Waals surface area contributed by atoms with Crippen molar-refractivity contribution in [3.63, 3.8) is 0 Å². The molecule has 1 fully saturated rings. The van der Waals surface area contributed by atoms with Crippen molar-refractivity contribution in [2.24, 2.45) is 0 Å². The molecule has 2 aromatic rings. The van der Waals surface area contributed by atoms with Gasteiger partial charge in [-0.05, 0) is 47.7 Å². The SMILES string of the molecule is COc1ccccc1NCN1C(=O)SC(=Cc2ccc3c(c2)OCO3)C1=O. The number of ether oxygens (including phenoxy) is 3. The van der Waals surface area contributed by atoms with Crippen LogP contribution in [0.15, 0.2) is 47.4 Å². The van der Waals surface area contributed by atoms with E-state index in [9.17, 15) is 9.59 Å². The molecule has 0 radical (unpaired) electrons. The van der Waals surface area contributed by atoms with E-state index >= 15 is 0 Å². The van der Waals surface area contributed by atoms with Gasteiger partial charge >= 0.3 is 0 Å². The van der Waals surface area contributed by atoms with Gasteiger partial charge in [-0.25, -0.2) is 0 Å². The number of para-hydroxylation sites is 2. The maximum absolute atomic E-state index is 12.6. The van der Waals surface area contributed by atoms with Gasteiger partial charge in [-0.1, -0.05) is 18.2 Å². The Hall–Kier alpha value is -3.13. The molecule has 2 heterocycles. The predicted molar refractivity (Wildman–Crippen MR) is 102 cm³/mol. The summed E-state index contributed by atoms with van der Waals surface area (Å²) in [6.45, 7) is 0.243. The zero-order valence-electron chi connectivity index (χ0n) is 14.4. The minimum absolute atomic E-state index is 0.0590. The molecule has 0 bridgehead atoms. The lowest BCUT2D eigenvalue weighted by Crippen LogP contribution is -2.33. The number of nitrogens with zero attached hydrogens (tertiary/aromatic N) is 1. The molecule has 0 aromatic heterocycles. The minimum Gasteiger partial charge on any atom is -0.495 e. The summed E-state index contributed by atoms with van der Waals surface area (Å²) in [5.74, 6) is 1.59. The number of benzene rings is 2. The average Bonchev–Trinajstić information content (AvgIpc) is 3.25. The number of carbonyl (C=O) groups excluding carboxylic acids is 2. The maximum Gasteiger partial charge on any atom is 0.295 e. The normalized spacial score (nSPS) is 16.9. The zero-order chi connectivity index (χ0) is 18.8. The molecule has 27 heavy (non-hydrogen) atoms. The number of nitrogens with one attached hydrogen (secondary N) is 1.